The molecule has 0 aliphatic heterocycles. The number of hydrogen-bond acceptors (Lipinski definition) is 3. The summed E-state index contributed by atoms with van der Waals surface area (Å²) in [7, 11) is -3.64. The minimum absolute atomic E-state index is 0.328. The van der Waals surface area contributed by atoms with E-state index in [4.69, 9.17) is 0 Å². The summed E-state index contributed by atoms with van der Waals surface area (Å²) in [6.07, 6.45) is 1.78. The van der Waals surface area contributed by atoms with Gasteiger partial charge in [0.05, 0.1) is 11.9 Å². The fourth-order valence-corrected chi connectivity index (χ4v) is 4.63. The van der Waals surface area contributed by atoms with Gasteiger partial charge in [-0.1, -0.05) is 36.4 Å². The lowest BCUT2D eigenvalue weighted by atomic mass is 9.94. The van der Waals surface area contributed by atoms with E-state index in [1.54, 1.807) is 19.1 Å². The fourth-order valence-electron chi connectivity index (χ4n) is 3.48. The first-order valence-corrected chi connectivity index (χ1v) is 11.2. The van der Waals surface area contributed by atoms with Crippen molar-refractivity contribution < 1.29 is 13.2 Å². The van der Waals surface area contributed by atoms with Crippen molar-refractivity contribution >= 4 is 21.6 Å². The maximum Gasteiger partial charge on any atom is 0.244 e. The van der Waals surface area contributed by atoms with Crippen LogP contribution in [0.25, 0.3) is 0 Å². The summed E-state index contributed by atoms with van der Waals surface area (Å²) in [6, 6.07) is 14.6. The quantitative estimate of drug-likeness (QED) is 0.770. The second kappa shape index (κ2) is 8.35. The lowest BCUT2D eigenvalue weighted by Gasteiger charge is -2.33. The van der Waals surface area contributed by atoms with Crippen LogP contribution in [0.5, 0.6) is 0 Å². The molecule has 0 unspecified atom stereocenters. The monoisotopic (exact) mass is 402 g/mol. The first-order valence-electron chi connectivity index (χ1n) is 9.33. The molecule has 1 amide bonds. The Kier molecular flexibility index (Phi) is 6.55. The molecule has 0 heterocycles. The van der Waals surface area contributed by atoms with Crippen molar-refractivity contribution in [3.63, 3.8) is 0 Å². The van der Waals surface area contributed by atoms with Gasteiger partial charge in [0.25, 0.3) is 0 Å². The molecule has 0 spiro atoms. The molecule has 5 nitrogen and oxygen atoms in total. The Bertz CT molecular complexity index is 917. The highest BCUT2D eigenvalue weighted by atomic mass is 32.2. The van der Waals surface area contributed by atoms with Gasteiger partial charge in [-0.05, 0) is 69.9 Å². The molecule has 0 bridgehead atoms. The molecule has 0 aliphatic rings. The Morgan fingerprint density at radius 2 is 1.61 bits per heavy atom. The van der Waals surface area contributed by atoms with Gasteiger partial charge >= 0.3 is 0 Å². The molecule has 0 saturated heterocycles. The first-order chi connectivity index (χ1) is 12.9. The Balaban J connectivity index is 2.26. The molecule has 0 aliphatic carbocycles. The standard InChI is InChI=1S/C22H30N2O3S/c1-16-12-17(2)14-20(13-16)24(28(6,26)27)18(3)21(25)23-22(4,5)15-19-10-8-7-9-11-19/h7-14,18H,15H2,1-6H3,(H,23,25)/t18-/m1/s1. The van der Waals surface area contributed by atoms with Crippen molar-refractivity contribution in [2.75, 3.05) is 10.6 Å². The Morgan fingerprint density at radius 1 is 1.07 bits per heavy atom. The van der Waals surface area contributed by atoms with Gasteiger partial charge in [-0.3, -0.25) is 9.10 Å². The Morgan fingerprint density at radius 3 is 2.11 bits per heavy atom. The molecule has 0 saturated carbocycles. The van der Waals surface area contributed by atoms with Crippen LogP contribution in [0.4, 0.5) is 5.69 Å². The van der Waals surface area contributed by atoms with Crippen molar-refractivity contribution in [3.8, 4) is 0 Å². The van der Waals surface area contributed by atoms with Gasteiger partial charge in [-0.25, -0.2) is 8.42 Å². The number of benzene rings is 2. The highest BCUT2D eigenvalue weighted by Gasteiger charge is 2.32. The van der Waals surface area contributed by atoms with E-state index in [1.165, 1.54) is 4.31 Å². The molecule has 2 aromatic rings. The number of carbonyl (C=O) groups is 1. The van der Waals surface area contributed by atoms with Crippen LogP contribution in [-0.2, 0) is 21.2 Å². The van der Waals surface area contributed by atoms with Gasteiger partial charge in [-0.15, -0.1) is 0 Å². The third-order valence-electron chi connectivity index (χ3n) is 4.50. The Hall–Kier alpha value is -2.34. The number of anilines is 1. The molecule has 1 N–H and O–H groups in total. The molecular weight excluding hydrogens is 372 g/mol. The molecule has 2 rings (SSSR count). The SMILES string of the molecule is Cc1cc(C)cc(N([C@H](C)C(=O)NC(C)(C)Cc2ccccc2)S(C)(=O)=O)c1. The number of sulfonamides is 1. The summed E-state index contributed by atoms with van der Waals surface area (Å²) < 4.78 is 26.2. The lowest BCUT2D eigenvalue weighted by Crippen LogP contribution is -2.54. The van der Waals surface area contributed by atoms with E-state index in [2.05, 4.69) is 5.32 Å². The van der Waals surface area contributed by atoms with Gasteiger partial charge in [0.2, 0.25) is 15.9 Å². The van der Waals surface area contributed by atoms with Crippen LogP contribution >= 0.6 is 0 Å². The lowest BCUT2D eigenvalue weighted by molar-refractivity contribution is -0.123. The predicted octanol–water partition coefficient (Wildman–Crippen LogP) is 3.60. The van der Waals surface area contributed by atoms with E-state index in [-0.39, 0.29) is 5.91 Å². The van der Waals surface area contributed by atoms with E-state index in [0.717, 1.165) is 22.9 Å². The van der Waals surface area contributed by atoms with Crippen LogP contribution in [0.1, 0.15) is 37.5 Å². The smallest absolute Gasteiger partial charge is 0.244 e. The molecule has 6 heteroatoms. The van der Waals surface area contributed by atoms with Gasteiger partial charge in [0, 0.05) is 5.54 Å². The predicted molar refractivity (Wildman–Crippen MR) is 115 cm³/mol. The summed E-state index contributed by atoms with van der Waals surface area (Å²) in [5.74, 6) is -0.328. The zero-order valence-electron chi connectivity index (χ0n) is 17.5. The van der Waals surface area contributed by atoms with Gasteiger partial charge in [0.15, 0.2) is 0 Å². The van der Waals surface area contributed by atoms with Crippen LogP contribution in [0, 0.1) is 13.8 Å². The topological polar surface area (TPSA) is 66.5 Å². The number of amides is 1. The molecule has 2 aromatic carbocycles. The van der Waals surface area contributed by atoms with Crippen molar-refractivity contribution in [1.29, 1.82) is 0 Å². The molecular formula is C22H30N2O3S. The van der Waals surface area contributed by atoms with Crippen molar-refractivity contribution in [2.45, 2.75) is 52.6 Å². The van der Waals surface area contributed by atoms with Gasteiger partial charge in [-0.2, -0.15) is 0 Å². The zero-order chi connectivity index (χ0) is 21.1. The Labute approximate surface area is 168 Å². The van der Waals surface area contributed by atoms with Crippen LogP contribution in [0.15, 0.2) is 48.5 Å². The highest BCUT2D eigenvalue weighted by Crippen LogP contribution is 2.24. The maximum absolute atomic E-state index is 13.0. The second-order valence-electron chi connectivity index (χ2n) is 8.12. The van der Waals surface area contributed by atoms with Crippen molar-refractivity contribution in [2.24, 2.45) is 0 Å². The third-order valence-corrected chi connectivity index (χ3v) is 5.74. The van der Waals surface area contributed by atoms with Crippen LogP contribution < -0.4 is 9.62 Å². The average molecular weight is 403 g/mol. The molecule has 28 heavy (non-hydrogen) atoms. The summed E-state index contributed by atoms with van der Waals surface area (Å²) in [6.45, 7) is 9.31. The van der Waals surface area contributed by atoms with E-state index >= 15 is 0 Å². The van der Waals surface area contributed by atoms with Crippen molar-refractivity contribution in [3.05, 3.63) is 65.2 Å². The first kappa shape index (κ1) is 22.0. The summed E-state index contributed by atoms with van der Waals surface area (Å²) >= 11 is 0. The fraction of sp³-hybridized carbons (Fsp3) is 0.409. The summed E-state index contributed by atoms with van der Waals surface area (Å²) in [5, 5.41) is 3.01. The average Bonchev–Trinajstić information content (AvgIpc) is 2.52. The highest BCUT2D eigenvalue weighted by molar-refractivity contribution is 7.92. The van der Waals surface area contributed by atoms with Gasteiger partial charge in [0.1, 0.15) is 6.04 Å². The third kappa shape index (κ3) is 5.83. The van der Waals surface area contributed by atoms with Gasteiger partial charge < -0.3 is 5.32 Å². The number of carbonyl (C=O) groups excluding carboxylic acids is 1. The minimum Gasteiger partial charge on any atom is -0.349 e. The molecule has 0 radical (unpaired) electrons. The number of aryl methyl sites for hydroxylation is 2. The number of nitrogens with zero attached hydrogens (tertiary/aromatic N) is 1. The maximum atomic E-state index is 13.0. The van der Waals surface area contributed by atoms with Crippen molar-refractivity contribution in [1.82, 2.24) is 5.32 Å². The molecule has 152 valence electrons. The molecule has 0 aromatic heterocycles. The number of nitrogens with one attached hydrogen (secondary N) is 1. The van der Waals surface area contributed by atoms with E-state index < -0.39 is 21.6 Å². The number of hydrogen-bond donors (Lipinski definition) is 1. The van der Waals surface area contributed by atoms with Crippen LogP contribution in [0.2, 0.25) is 0 Å². The van der Waals surface area contributed by atoms with E-state index in [9.17, 15) is 13.2 Å². The zero-order valence-corrected chi connectivity index (χ0v) is 18.3. The summed E-state index contributed by atoms with van der Waals surface area (Å²) in [4.78, 5) is 13.0. The normalized spacial score (nSPS) is 13.1. The summed E-state index contributed by atoms with van der Waals surface area (Å²) in [5.41, 5.74) is 2.98. The second-order valence-corrected chi connectivity index (χ2v) is 9.98. The van der Waals surface area contributed by atoms with Crippen LogP contribution in [0.3, 0.4) is 0 Å². The minimum atomic E-state index is -3.64. The van der Waals surface area contributed by atoms with E-state index in [1.807, 2.05) is 64.1 Å². The molecule has 0 fully saturated rings. The molecule has 1 atom stereocenters. The van der Waals surface area contributed by atoms with Crippen LogP contribution in [-0.4, -0.2) is 32.2 Å². The largest absolute Gasteiger partial charge is 0.349 e. The van der Waals surface area contributed by atoms with E-state index in [0.29, 0.717) is 12.1 Å². The number of rotatable bonds is 7.